The minimum atomic E-state index is -0.364. The van der Waals surface area contributed by atoms with Crippen LogP contribution in [0.3, 0.4) is 0 Å². The summed E-state index contributed by atoms with van der Waals surface area (Å²) in [6, 6.07) is 10.4. The van der Waals surface area contributed by atoms with Gasteiger partial charge in [0.05, 0.1) is 4.92 Å². The number of halogens is 1. The number of nitrogens with zero attached hydrogens (tertiary/aromatic N) is 1. The van der Waals surface area contributed by atoms with Crippen molar-refractivity contribution in [2.45, 2.75) is 17.6 Å². The van der Waals surface area contributed by atoms with Crippen molar-refractivity contribution in [3.05, 3.63) is 62.7 Å². The van der Waals surface area contributed by atoms with Crippen molar-refractivity contribution in [2.24, 2.45) is 0 Å². The standard InChI is InChI=1S/C14H13ClN2O2S/c1-9-10(3-2-4-13(9)17(18)19)8-20-14-7-11(15)5-6-12(14)16/h2-7H,8,16H2,1H3. The number of nitrogens with two attached hydrogens (primary N) is 1. The quantitative estimate of drug-likeness (QED) is 0.392. The molecule has 0 atom stereocenters. The number of nitro groups is 1. The Labute approximate surface area is 126 Å². The third kappa shape index (κ3) is 3.23. The Balaban J connectivity index is 2.21. The zero-order chi connectivity index (χ0) is 14.7. The van der Waals surface area contributed by atoms with E-state index in [2.05, 4.69) is 0 Å². The van der Waals surface area contributed by atoms with Crippen LogP contribution >= 0.6 is 23.4 Å². The first-order valence-electron chi connectivity index (χ1n) is 5.89. The van der Waals surface area contributed by atoms with Gasteiger partial charge in [0.2, 0.25) is 0 Å². The molecule has 2 aromatic carbocycles. The van der Waals surface area contributed by atoms with Crippen LogP contribution < -0.4 is 5.73 Å². The van der Waals surface area contributed by atoms with Crippen molar-refractivity contribution in [3.63, 3.8) is 0 Å². The molecular weight excluding hydrogens is 296 g/mol. The van der Waals surface area contributed by atoms with Crippen LogP contribution in [0.1, 0.15) is 11.1 Å². The molecular formula is C14H13ClN2O2S. The Morgan fingerprint density at radius 2 is 2.10 bits per heavy atom. The first kappa shape index (κ1) is 14.7. The van der Waals surface area contributed by atoms with Gasteiger partial charge in [-0.05, 0) is 30.7 Å². The normalized spacial score (nSPS) is 10.5. The van der Waals surface area contributed by atoms with Crippen LogP contribution in [0.4, 0.5) is 11.4 Å². The smallest absolute Gasteiger partial charge is 0.272 e. The maximum atomic E-state index is 10.9. The lowest BCUT2D eigenvalue weighted by Gasteiger charge is -2.08. The molecule has 0 aliphatic heterocycles. The molecule has 2 N–H and O–H groups in total. The van der Waals surface area contributed by atoms with E-state index in [1.165, 1.54) is 17.8 Å². The highest BCUT2D eigenvalue weighted by Gasteiger charge is 2.13. The fourth-order valence-electron chi connectivity index (χ4n) is 1.81. The van der Waals surface area contributed by atoms with E-state index in [9.17, 15) is 10.1 Å². The number of nitrogen functional groups attached to an aromatic ring is 1. The molecule has 0 spiro atoms. The van der Waals surface area contributed by atoms with Crippen LogP contribution in [0, 0.1) is 17.0 Å². The van der Waals surface area contributed by atoms with Gasteiger partial charge in [0.25, 0.3) is 5.69 Å². The lowest BCUT2D eigenvalue weighted by molar-refractivity contribution is -0.385. The fraction of sp³-hybridized carbons (Fsp3) is 0.143. The average Bonchev–Trinajstić information content (AvgIpc) is 2.41. The lowest BCUT2D eigenvalue weighted by Crippen LogP contribution is -1.95. The number of anilines is 1. The third-order valence-electron chi connectivity index (χ3n) is 2.97. The number of rotatable bonds is 4. The van der Waals surface area contributed by atoms with Gasteiger partial charge in [0.15, 0.2) is 0 Å². The van der Waals surface area contributed by atoms with Crippen LogP contribution in [0.15, 0.2) is 41.3 Å². The van der Waals surface area contributed by atoms with Gasteiger partial charge in [-0.3, -0.25) is 10.1 Å². The van der Waals surface area contributed by atoms with Crippen LogP contribution in [0.25, 0.3) is 0 Å². The Kier molecular flexibility index (Phi) is 4.52. The number of hydrogen-bond donors (Lipinski definition) is 1. The molecule has 0 unspecified atom stereocenters. The summed E-state index contributed by atoms with van der Waals surface area (Å²) in [4.78, 5) is 11.4. The Morgan fingerprint density at radius 1 is 1.35 bits per heavy atom. The molecule has 0 aromatic heterocycles. The molecule has 0 amide bonds. The lowest BCUT2D eigenvalue weighted by atomic mass is 10.1. The monoisotopic (exact) mass is 308 g/mol. The number of thioether (sulfide) groups is 1. The van der Waals surface area contributed by atoms with Crippen LogP contribution in [-0.4, -0.2) is 4.92 Å². The molecule has 4 nitrogen and oxygen atoms in total. The topological polar surface area (TPSA) is 69.2 Å². The van der Waals surface area contributed by atoms with Gasteiger partial charge in [0, 0.05) is 33.0 Å². The summed E-state index contributed by atoms with van der Waals surface area (Å²) in [5.41, 5.74) is 8.28. The van der Waals surface area contributed by atoms with Crippen molar-refractivity contribution in [1.29, 1.82) is 0 Å². The molecule has 6 heteroatoms. The van der Waals surface area contributed by atoms with Gasteiger partial charge >= 0.3 is 0 Å². The second kappa shape index (κ2) is 6.15. The molecule has 2 rings (SSSR count). The second-order valence-electron chi connectivity index (χ2n) is 4.29. The van der Waals surface area contributed by atoms with Gasteiger partial charge in [0.1, 0.15) is 0 Å². The minimum absolute atomic E-state index is 0.141. The van der Waals surface area contributed by atoms with E-state index in [-0.39, 0.29) is 10.6 Å². The molecule has 104 valence electrons. The zero-order valence-corrected chi connectivity index (χ0v) is 12.4. The predicted octanol–water partition coefficient (Wildman–Crippen LogP) is 4.43. The largest absolute Gasteiger partial charge is 0.398 e. The minimum Gasteiger partial charge on any atom is -0.398 e. The highest BCUT2D eigenvalue weighted by atomic mass is 35.5. The van der Waals surface area contributed by atoms with Crippen molar-refractivity contribution < 1.29 is 4.92 Å². The highest BCUT2D eigenvalue weighted by Crippen LogP contribution is 2.32. The molecule has 0 aliphatic carbocycles. The summed E-state index contributed by atoms with van der Waals surface area (Å²) in [6.45, 7) is 1.76. The van der Waals surface area contributed by atoms with Crippen LogP contribution in [0.2, 0.25) is 5.02 Å². The van der Waals surface area contributed by atoms with E-state index in [1.54, 1.807) is 31.2 Å². The van der Waals surface area contributed by atoms with Crippen LogP contribution in [-0.2, 0) is 5.75 Å². The maximum Gasteiger partial charge on any atom is 0.272 e. The number of nitro benzene ring substituents is 1. The fourth-order valence-corrected chi connectivity index (χ4v) is 3.12. The summed E-state index contributed by atoms with van der Waals surface area (Å²) in [5.74, 6) is 0.609. The molecule has 0 bridgehead atoms. The van der Waals surface area contributed by atoms with E-state index in [1.807, 2.05) is 6.07 Å². The maximum absolute atomic E-state index is 10.9. The van der Waals surface area contributed by atoms with Crippen LogP contribution in [0.5, 0.6) is 0 Å². The van der Waals surface area contributed by atoms with E-state index in [4.69, 9.17) is 17.3 Å². The summed E-state index contributed by atoms with van der Waals surface area (Å²) >= 11 is 7.46. The van der Waals surface area contributed by atoms with Gasteiger partial charge in [-0.2, -0.15) is 0 Å². The molecule has 0 saturated heterocycles. The van der Waals surface area contributed by atoms with Crippen molar-refractivity contribution in [1.82, 2.24) is 0 Å². The van der Waals surface area contributed by atoms with Crippen molar-refractivity contribution in [3.8, 4) is 0 Å². The van der Waals surface area contributed by atoms with E-state index in [0.29, 0.717) is 22.0 Å². The van der Waals surface area contributed by atoms with Gasteiger partial charge in [-0.25, -0.2) is 0 Å². The number of benzene rings is 2. The van der Waals surface area contributed by atoms with E-state index < -0.39 is 0 Å². The van der Waals surface area contributed by atoms with Crippen molar-refractivity contribution in [2.75, 3.05) is 5.73 Å². The van der Waals surface area contributed by atoms with Gasteiger partial charge < -0.3 is 5.73 Å². The molecule has 20 heavy (non-hydrogen) atoms. The molecule has 0 aliphatic rings. The predicted molar refractivity (Wildman–Crippen MR) is 83.3 cm³/mol. The average molecular weight is 309 g/mol. The highest BCUT2D eigenvalue weighted by molar-refractivity contribution is 7.98. The first-order chi connectivity index (χ1) is 9.49. The molecule has 0 saturated carbocycles. The summed E-state index contributed by atoms with van der Waals surface area (Å²) in [7, 11) is 0. The third-order valence-corrected chi connectivity index (χ3v) is 4.33. The molecule has 2 aromatic rings. The summed E-state index contributed by atoms with van der Waals surface area (Å²) in [6.07, 6.45) is 0. The van der Waals surface area contributed by atoms with E-state index >= 15 is 0 Å². The SMILES string of the molecule is Cc1c(CSc2cc(Cl)ccc2N)cccc1[N+](=O)[O-]. The first-order valence-corrected chi connectivity index (χ1v) is 7.26. The zero-order valence-electron chi connectivity index (χ0n) is 10.8. The Morgan fingerprint density at radius 3 is 2.80 bits per heavy atom. The molecule has 0 heterocycles. The molecule has 0 radical (unpaired) electrons. The second-order valence-corrected chi connectivity index (χ2v) is 5.74. The molecule has 0 fully saturated rings. The number of hydrogen-bond acceptors (Lipinski definition) is 4. The summed E-state index contributed by atoms with van der Waals surface area (Å²) < 4.78 is 0. The van der Waals surface area contributed by atoms with Gasteiger partial charge in [-0.1, -0.05) is 23.7 Å². The Bertz CT molecular complexity index is 662. The van der Waals surface area contributed by atoms with Crippen molar-refractivity contribution >= 4 is 34.7 Å². The van der Waals surface area contributed by atoms with E-state index in [0.717, 1.165) is 10.5 Å². The Hall–Kier alpha value is -1.72. The summed E-state index contributed by atoms with van der Waals surface area (Å²) in [5, 5.41) is 11.5. The van der Waals surface area contributed by atoms with Gasteiger partial charge in [-0.15, -0.1) is 11.8 Å².